The highest BCUT2D eigenvalue weighted by molar-refractivity contribution is 4.91. The number of hydrogen-bond acceptors (Lipinski definition) is 2. The lowest BCUT2D eigenvalue weighted by Crippen LogP contribution is -2.45. The Morgan fingerprint density at radius 3 is 2.50 bits per heavy atom. The van der Waals surface area contributed by atoms with E-state index in [1.165, 1.54) is 6.42 Å². The molecule has 2 fully saturated rings. The largest absolute Gasteiger partial charge is 0.387 e. The molecule has 2 atom stereocenters. The van der Waals surface area contributed by atoms with Crippen LogP contribution in [0.4, 0.5) is 8.78 Å². The predicted octanol–water partition coefficient (Wildman–Crippen LogP) is 2.74. The summed E-state index contributed by atoms with van der Waals surface area (Å²) in [6.45, 7) is 0.522. The third kappa shape index (κ3) is 2.54. The van der Waals surface area contributed by atoms with E-state index in [2.05, 4.69) is 0 Å². The Balaban J connectivity index is 1.97. The Bertz CT molecular complexity index is 222. The molecule has 4 heteroatoms. The maximum atomic E-state index is 12.5. The minimum Gasteiger partial charge on any atom is -0.387 e. The summed E-state index contributed by atoms with van der Waals surface area (Å²) in [5.74, 6) is -0.285. The predicted molar refractivity (Wildman–Crippen MR) is 56.5 cm³/mol. The van der Waals surface area contributed by atoms with E-state index >= 15 is 0 Å². The molecular formula is C12H20F2O2. The van der Waals surface area contributed by atoms with E-state index in [0.717, 1.165) is 25.7 Å². The second-order valence-electron chi connectivity index (χ2n) is 5.17. The van der Waals surface area contributed by atoms with E-state index in [1.807, 2.05) is 0 Å². The fourth-order valence-electron chi connectivity index (χ4n) is 3.11. The van der Waals surface area contributed by atoms with Gasteiger partial charge in [-0.1, -0.05) is 19.3 Å². The van der Waals surface area contributed by atoms with Crippen LogP contribution in [0.3, 0.4) is 0 Å². The van der Waals surface area contributed by atoms with Gasteiger partial charge in [-0.25, -0.2) is 8.78 Å². The summed E-state index contributed by atoms with van der Waals surface area (Å²) < 4.78 is 30.8. The molecule has 1 aliphatic carbocycles. The molecule has 1 saturated heterocycles. The van der Waals surface area contributed by atoms with Crippen LogP contribution >= 0.6 is 0 Å². The van der Waals surface area contributed by atoms with Gasteiger partial charge < -0.3 is 9.84 Å². The van der Waals surface area contributed by atoms with E-state index in [0.29, 0.717) is 19.4 Å². The van der Waals surface area contributed by atoms with Crippen molar-refractivity contribution in [3.63, 3.8) is 0 Å². The van der Waals surface area contributed by atoms with Crippen molar-refractivity contribution in [3.8, 4) is 0 Å². The van der Waals surface area contributed by atoms with Crippen LogP contribution in [0, 0.1) is 5.92 Å². The van der Waals surface area contributed by atoms with Crippen molar-refractivity contribution < 1.29 is 18.6 Å². The van der Waals surface area contributed by atoms with E-state index in [4.69, 9.17) is 4.74 Å². The SMILES string of the molecule is OC(C(F)F)C1CCOC2(CCCCC2)C1. The van der Waals surface area contributed by atoms with E-state index in [1.54, 1.807) is 0 Å². The molecule has 1 heterocycles. The molecule has 0 aromatic heterocycles. The fraction of sp³-hybridized carbons (Fsp3) is 1.00. The van der Waals surface area contributed by atoms with E-state index in [9.17, 15) is 13.9 Å². The molecule has 0 amide bonds. The van der Waals surface area contributed by atoms with Crippen molar-refractivity contribution in [2.75, 3.05) is 6.61 Å². The zero-order valence-electron chi connectivity index (χ0n) is 9.50. The van der Waals surface area contributed by atoms with Gasteiger partial charge in [0.05, 0.1) is 5.60 Å². The smallest absolute Gasteiger partial charge is 0.264 e. The van der Waals surface area contributed by atoms with Crippen LogP contribution in [0.2, 0.25) is 0 Å². The van der Waals surface area contributed by atoms with Gasteiger partial charge in [0, 0.05) is 6.61 Å². The average Bonchev–Trinajstić information content (AvgIpc) is 2.29. The molecule has 1 spiro atoms. The molecule has 16 heavy (non-hydrogen) atoms. The standard InChI is InChI=1S/C12H20F2O2/c13-11(14)10(15)9-4-7-16-12(8-9)5-2-1-3-6-12/h9-11,15H,1-8H2. The first-order valence-corrected chi connectivity index (χ1v) is 6.23. The van der Waals surface area contributed by atoms with Crippen LogP contribution < -0.4 is 0 Å². The molecule has 2 nitrogen and oxygen atoms in total. The van der Waals surface area contributed by atoms with Gasteiger partial charge in [0.25, 0.3) is 6.43 Å². The van der Waals surface area contributed by atoms with Crippen molar-refractivity contribution in [2.45, 2.75) is 63.1 Å². The summed E-state index contributed by atoms with van der Waals surface area (Å²) in [5, 5.41) is 9.46. The zero-order valence-corrected chi connectivity index (χ0v) is 9.50. The van der Waals surface area contributed by atoms with Gasteiger partial charge in [-0.2, -0.15) is 0 Å². The topological polar surface area (TPSA) is 29.5 Å². The average molecular weight is 234 g/mol. The monoisotopic (exact) mass is 234 g/mol. The second-order valence-corrected chi connectivity index (χ2v) is 5.17. The van der Waals surface area contributed by atoms with Crippen LogP contribution in [0.1, 0.15) is 44.9 Å². The molecule has 2 unspecified atom stereocenters. The van der Waals surface area contributed by atoms with Gasteiger partial charge in [-0.05, 0) is 31.6 Å². The molecule has 2 rings (SSSR count). The van der Waals surface area contributed by atoms with Crippen LogP contribution in [0.15, 0.2) is 0 Å². The van der Waals surface area contributed by atoms with Crippen molar-refractivity contribution >= 4 is 0 Å². The zero-order chi connectivity index (χ0) is 11.6. The van der Waals surface area contributed by atoms with Crippen LogP contribution in [0.5, 0.6) is 0 Å². The molecule has 1 saturated carbocycles. The molecule has 2 aliphatic rings. The highest BCUT2D eigenvalue weighted by Gasteiger charge is 2.42. The van der Waals surface area contributed by atoms with Gasteiger partial charge in [-0.3, -0.25) is 0 Å². The van der Waals surface area contributed by atoms with E-state index in [-0.39, 0.29) is 11.5 Å². The number of ether oxygens (including phenoxy) is 1. The van der Waals surface area contributed by atoms with Crippen LogP contribution in [0.25, 0.3) is 0 Å². The summed E-state index contributed by atoms with van der Waals surface area (Å²) in [7, 11) is 0. The lowest BCUT2D eigenvalue weighted by Gasteiger charge is -2.44. The number of alkyl halides is 2. The Labute approximate surface area is 95.0 Å². The summed E-state index contributed by atoms with van der Waals surface area (Å²) in [4.78, 5) is 0. The maximum absolute atomic E-state index is 12.5. The highest BCUT2D eigenvalue weighted by Crippen LogP contribution is 2.42. The maximum Gasteiger partial charge on any atom is 0.264 e. The van der Waals surface area contributed by atoms with Gasteiger partial charge in [0.15, 0.2) is 0 Å². The molecule has 0 aromatic carbocycles. The quantitative estimate of drug-likeness (QED) is 0.796. The molecule has 1 N–H and O–H groups in total. The number of aliphatic hydroxyl groups excluding tert-OH is 1. The number of rotatable bonds is 2. The molecule has 1 aliphatic heterocycles. The van der Waals surface area contributed by atoms with Crippen molar-refractivity contribution in [3.05, 3.63) is 0 Å². The molecule has 0 radical (unpaired) electrons. The molecule has 94 valence electrons. The lowest BCUT2D eigenvalue weighted by atomic mass is 9.74. The minimum absolute atomic E-state index is 0.197. The third-order valence-corrected chi connectivity index (χ3v) is 4.04. The van der Waals surface area contributed by atoms with Crippen molar-refractivity contribution in [1.82, 2.24) is 0 Å². The number of aliphatic hydroxyl groups is 1. The van der Waals surface area contributed by atoms with Gasteiger partial charge in [0.1, 0.15) is 6.10 Å². The van der Waals surface area contributed by atoms with Crippen LogP contribution in [-0.4, -0.2) is 29.8 Å². The first-order chi connectivity index (χ1) is 7.63. The van der Waals surface area contributed by atoms with E-state index < -0.39 is 12.5 Å². The minimum atomic E-state index is -2.62. The van der Waals surface area contributed by atoms with Gasteiger partial charge >= 0.3 is 0 Å². The Morgan fingerprint density at radius 1 is 1.19 bits per heavy atom. The van der Waals surface area contributed by atoms with Crippen molar-refractivity contribution in [2.24, 2.45) is 5.92 Å². The summed E-state index contributed by atoms with van der Waals surface area (Å²) in [6, 6.07) is 0. The van der Waals surface area contributed by atoms with Gasteiger partial charge in [-0.15, -0.1) is 0 Å². The Morgan fingerprint density at radius 2 is 1.88 bits per heavy atom. The molecule has 0 aromatic rings. The normalized spacial score (nSPS) is 31.9. The number of halogens is 2. The summed E-state index contributed by atoms with van der Waals surface area (Å²) in [5.41, 5.74) is -0.197. The fourth-order valence-corrected chi connectivity index (χ4v) is 3.11. The summed E-state index contributed by atoms with van der Waals surface area (Å²) >= 11 is 0. The Hall–Kier alpha value is -0.220. The Kier molecular flexibility index (Phi) is 3.80. The number of hydrogen-bond donors (Lipinski definition) is 1. The second kappa shape index (κ2) is 4.96. The summed E-state index contributed by atoms with van der Waals surface area (Å²) in [6.07, 6.45) is 2.48. The first-order valence-electron chi connectivity index (χ1n) is 6.23. The third-order valence-electron chi connectivity index (χ3n) is 4.04. The highest BCUT2D eigenvalue weighted by atomic mass is 19.3. The first kappa shape index (κ1) is 12.2. The molecule has 0 bridgehead atoms. The lowest BCUT2D eigenvalue weighted by molar-refractivity contribution is -0.149. The molecular weight excluding hydrogens is 214 g/mol. The van der Waals surface area contributed by atoms with Crippen LogP contribution in [-0.2, 0) is 4.74 Å². The van der Waals surface area contributed by atoms with Crippen molar-refractivity contribution in [1.29, 1.82) is 0 Å². The van der Waals surface area contributed by atoms with Gasteiger partial charge in [0.2, 0.25) is 0 Å².